The van der Waals surface area contributed by atoms with Crippen molar-refractivity contribution >= 4 is 16.7 Å². The van der Waals surface area contributed by atoms with Crippen LogP contribution in [-0.4, -0.2) is 71.6 Å². The first-order chi connectivity index (χ1) is 14.6. The molecule has 0 radical (unpaired) electrons. The predicted octanol–water partition coefficient (Wildman–Crippen LogP) is 3.10. The highest BCUT2D eigenvalue weighted by atomic mass is 16.5. The van der Waals surface area contributed by atoms with E-state index in [1.54, 1.807) is 13.3 Å². The largest absolute Gasteiger partial charge is 0.497 e. The summed E-state index contributed by atoms with van der Waals surface area (Å²) in [6.45, 7) is 6.64. The number of ketones is 1. The number of rotatable bonds is 7. The minimum Gasteiger partial charge on any atom is -0.497 e. The number of aliphatic hydroxyl groups excluding tert-OH is 1. The first kappa shape index (κ1) is 20.6. The number of hydrogen-bond donors (Lipinski definition) is 2. The molecule has 0 amide bonds. The number of fused-ring (bicyclic) bond motifs is 1. The monoisotopic (exact) mass is 407 g/mol. The quantitative estimate of drug-likeness (QED) is 0.589. The summed E-state index contributed by atoms with van der Waals surface area (Å²) in [5.41, 5.74) is 2.34. The highest BCUT2D eigenvalue weighted by Gasteiger charge is 2.35. The van der Waals surface area contributed by atoms with Crippen LogP contribution in [0.15, 0.2) is 54.7 Å². The van der Waals surface area contributed by atoms with Crippen molar-refractivity contribution in [3.8, 4) is 5.75 Å². The van der Waals surface area contributed by atoms with E-state index < -0.39 is 12.1 Å². The average Bonchev–Trinajstić information content (AvgIpc) is 3.24. The van der Waals surface area contributed by atoms with E-state index in [2.05, 4.69) is 21.7 Å². The lowest BCUT2D eigenvalue weighted by atomic mass is 9.93. The fourth-order valence-electron chi connectivity index (χ4n) is 4.33. The van der Waals surface area contributed by atoms with Gasteiger partial charge in [-0.25, -0.2) is 0 Å². The molecule has 1 saturated heterocycles. The van der Waals surface area contributed by atoms with Gasteiger partial charge in [0.15, 0.2) is 5.78 Å². The van der Waals surface area contributed by atoms with Gasteiger partial charge in [0.05, 0.1) is 13.2 Å². The molecule has 2 N–H and O–H groups in total. The maximum atomic E-state index is 13.4. The second-order valence-electron chi connectivity index (χ2n) is 7.75. The van der Waals surface area contributed by atoms with E-state index in [-0.39, 0.29) is 5.78 Å². The second-order valence-corrected chi connectivity index (χ2v) is 7.75. The van der Waals surface area contributed by atoms with E-state index >= 15 is 0 Å². The molecular weight excluding hydrogens is 378 g/mol. The standard InChI is InChI=1S/C24H29N3O3/c1-3-26-12-14-27(15-13-26)22(17-8-10-18(30-2)11-9-17)24(29)23(28)20-16-25-21-7-5-4-6-19(20)21/h4-11,16,22,24-25,29H,3,12-15H2,1-2H3/t22-,24-/m0/s1. The van der Waals surface area contributed by atoms with Crippen LogP contribution in [0.3, 0.4) is 0 Å². The lowest BCUT2D eigenvalue weighted by molar-refractivity contribution is 0.0199. The van der Waals surface area contributed by atoms with E-state index in [9.17, 15) is 9.90 Å². The first-order valence-corrected chi connectivity index (χ1v) is 10.5. The number of methoxy groups -OCH3 is 1. The molecule has 1 fully saturated rings. The fourth-order valence-corrected chi connectivity index (χ4v) is 4.33. The third-order valence-corrected chi connectivity index (χ3v) is 6.13. The van der Waals surface area contributed by atoms with Gasteiger partial charge in [0.2, 0.25) is 0 Å². The number of likely N-dealkylation sites (N-methyl/N-ethyl adjacent to an activating group) is 1. The lowest BCUT2D eigenvalue weighted by Crippen LogP contribution is -2.51. The summed E-state index contributed by atoms with van der Waals surface area (Å²) in [7, 11) is 1.63. The third kappa shape index (κ3) is 3.99. The van der Waals surface area contributed by atoms with Crippen LogP contribution >= 0.6 is 0 Å². The first-order valence-electron chi connectivity index (χ1n) is 10.5. The number of aliphatic hydroxyl groups is 1. The Balaban J connectivity index is 1.66. The van der Waals surface area contributed by atoms with Gasteiger partial charge in [-0.15, -0.1) is 0 Å². The number of Topliss-reactive ketones (excluding diaryl/α,β-unsaturated/α-hetero) is 1. The number of para-hydroxylation sites is 1. The summed E-state index contributed by atoms with van der Waals surface area (Å²) >= 11 is 0. The Morgan fingerprint density at radius 1 is 1.10 bits per heavy atom. The smallest absolute Gasteiger partial charge is 0.195 e. The Morgan fingerprint density at radius 3 is 2.47 bits per heavy atom. The van der Waals surface area contributed by atoms with Gasteiger partial charge in [0.1, 0.15) is 11.9 Å². The average molecular weight is 408 g/mol. The highest BCUT2D eigenvalue weighted by Crippen LogP contribution is 2.30. The van der Waals surface area contributed by atoms with Crippen molar-refractivity contribution in [1.82, 2.24) is 14.8 Å². The molecule has 4 rings (SSSR count). The van der Waals surface area contributed by atoms with Crippen molar-refractivity contribution in [2.75, 3.05) is 39.8 Å². The molecule has 158 valence electrons. The number of benzene rings is 2. The zero-order chi connectivity index (χ0) is 21.1. The summed E-state index contributed by atoms with van der Waals surface area (Å²) in [6.07, 6.45) is 0.543. The van der Waals surface area contributed by atoms with Crippen molar-refractivity contribution < 1.29 is 14.6 Å². The molecule has 0 saturated carbocycles. The van der Waals surface area contributed by atoms with E-state index in [0.717, 1.165) is 54.9 Å². The molecule has 2 heterocycles. The zero-order valence-corrected chi connectivity index (χ0v) is 17.5. The van der Waals surface area contributed by atoms with Crippen LogP contribution in [0.4, 0.5) is 0 Å². The molecule has 0 spiro atoms. The number of hydrogen-bond acceptors (Lipinski definition) is 5. The predicted molar refractivity (Wildman–Crippen MR) is 118 cm³/mol. The highest BCUT2D eigenvalue weighted by molar-refractivity contribution is 6.10. The number of piperazine rings is 1. The second kappa shape index (κ2) is 9.00. The zero-order valence-electron chi connectivity index (χ0n) is 17.5. The molecule has 0 unspecified atom stereocenters. The molecule has 0 bridgehead atoms. The fraction of sp³-hybridized carbons (Fsp3) is 0.375. The molecule has 6 heteroatoms. The molecule has 0 aliphatic carbocycles. The SMILES string of the molecule is CCN1CCN([C@@H](c2ccc(OC)cc2)[C@H](O)C(=O)c2c[nH]c3ccccc23)CC1. The molecule has 30 heavy (non-hydrogen) atoms. The molecule has 2 atom stereocenters. The maximum absolute atomic E-state index is 13.4. The Bertz CT molecular complexity index is 990. The number of H-pyrrole nitrogens is 1. The van der Waals surface area contributed by atoms with Crippen molar-refractivity contribution in [2.24, 2.45) is 0 Å². The van der Waals surface area contributed by atoms with Gasteiger partial charge in [0, 0.05) is 48.8 Å². The van der Waals surface area contributed by atoms with Crippen LogP contribution in [0.2, 0.25) is 0 Å². The lowest BCUT2D eigenvalue weighted by Gasteiger charge is -2.40. The van der Waals surface area contributed by atoms with Crippen molar-refractivity contribution in [3.05, 3.63) is 65.9 Å². The Labute approximate surface area is 177 Å². The van der Waals surface area contributed by atoms with Crippen LogP contribution in [0.5, 0.6) is 5.75 Å². The van der Waals surface area contributed by atoms with Gasteiger partial charge in [-0.1, -0.05) is 37.3 Å². The Kier molecular flexibility index (Phi) is 6.18. The van der Waals surface area contributed by atoms with Crippen LogP contribution in [0.25, 0.3) is 10.9 Å². The third-order valence-electron chi connectivity index (χ3n) is 6.13. The minimum atomic E-state index is -1.16. The van der Waals surface area contributed by atoms with Crippen molar-refractivity contribution in [2.45, 2.75) is 19.1 Å². The molecule has 1 aliphatic rings. The molecule has 1 aliphatic heterocycles. The molecule has 1 aromatic heterocycles. The molecule has 6 nitrogen and oxygen atoms in total. The van der Waals surface area contributed by atoms with E-state index in [1.807, 2.05) is 48.5 Å². The van der Waals surface area contributed by atoms with E-state index in [1.165, 1.54) is 0 Å². The van der Waals surface area contributed by atoms with Gasteiger partial charge in [-0.3, -0.25) is 9.69 Å². The number of nitrogens with one attached hydrogen (secondary N) is 1. The number of carbonyl (C=O) groups excluding carboxylic acids is 1. The molecule has 2 aromatic carbocycles. The van der Waals surface area contributed by atoms with Gasteiger partial charge in [0.25, 0.3) is 0 Å². The van der Waals surface area contributed by atoms with Crippen LogP contribution in [0.1, 0.15) is 28.9 Å². The summed E-state index contributed by atoms with van der Waals surface area (Å²) in [5.74, 6) is 0.497. The van der Waals surface area contributed by atoms with E-state index in [0.29, 0.717) is 5.56 Å². The van der Waals surface area contributed by atoms with Crippen LogP contribution < -0.4 is 4.74 Å². The minimum absolute atomic E-state index is 0.258. The van der Waals surface area contributed by atoms with Crippen molar-refractivity contribution in [1.29, 1.82) is 0 Å². The van der Waals surface area contributed by atoms with Gasteiger partial charge in [-0.2, -0.15) is 0 Å². The summed E-state index contributed by atoms with van der Waals surface area (Å²) < 4.78 is 5.28. The van der Waals surface area contributed by atoms with E-state index in [4.69, 9.17) is 4.74 Å². The number of aromatic amines is 1. The number of ether oxygens (including phenoxy) is 1. The normalized spacial score (nSPS) is 17.7. The summed E-state index contributed by atoms with van der Waals surface area (Å²) in [6, 6.07) is 14.9. The number of carbonyl (C=O) groups is 1. The number of aromatic nitrogens is 1. The van der Waals surface area contributed by atoms with Crippen molar-refractivity contribution in [3.63, 3.8) is 0 Å². The summed E-state index contributed by atoms with van der Waals surface area (Å²) in [5, 5.41) is 12.2. The van der Waals surface area contributed by atoms with Gasteiger partial charge in [-0.05, 0) is 30.3 Å². The topological polar surface area (TPSA) is 68.8 Å². The number of nitrogens with zero attached hydrogens (tertiary/aromatic N) is 2. The Morgan fingerprint density at radius 2 is 1.80 bits per heavy atom. The Hall–Kier alpha value is -2.67. The van der Waals surface area contributed by atoms with Gasteiger partial charge < -0.3 is 19.7 Å². The maximum Gasteiger partial charge on any atom is 0.195 e. The van der Waals surface area contributed by atoms with Crippen LogP contribution in [0, 0.1) is 0 Å². The van der Waals surface area contributed by atoms with Crippen LogP contribution in [-0.2, 0) is 0 Å². The summed E-state index contributed by atoms with van der Waals surface area (Å²) in [4.78, 5) is 21.1. The molecule has 3 aromatic rings. The molecular formula is C24H29N3O3. The van der Waals surface area contributed by atoms with Gasteiger partial charge >= 0.3 is 0 Å².